The van der Waals surface area contributed by atoms with Crippen LogP contribution in [-0.4, -0.2) is 27.4 Å². The minimum absolute atomic E-state index is 0.00260. The third kappa shape index (κ3) is 4.17. The van der Waals surface area contributed by atoms with Crippen LogP contribution < -0.4 is 16.2 Å². The zero-order valence-corrected chi connectivity index (χ0v) is 14.5. The molecule has 0 saturated heterocycles. The van der Waals surface area contributed by atoms with Crippen molar-refractivity contribution in [3.05, 3.63) is 22.2 Å². The van der Waals surface area contributed by atoms with Crippen molar-refractivity contribution in [2.75, 3.05) is 18.2 Å². The highest BCUT2D eigenvalue weighted by atomic mass is 35.5. The average molecular weight is 372 g/mol. The van der Waals surface area contributed by atoms with Crippen LogP contribution in [0.2, 0.25) is 10.0 Å². The zero-order chi connectivity index (χ0) is 16.4. The van der Waals surface area contributed by atoms with Crippen LogP contribution in [0.1, 0.15) is 12.8 Å². The third-order valence-corrected chi connectivity index (χ3v) is 4.97. The number of ether oxygens (including phenoxy) is 1. The molecule has 1 aromatic heterocycles. The van der Waals surface area contributed by atoms with E-state index in [-0.39, 0.29) is 12.7 Å². The number of nitrogens with zero attached hydrogens (tertiary/aromatic N) is 3. The molecule has 0 bridgehead atoms. The zero-order valence-electron chi connectivity index (χ0n) is 12.1. The lowest BCUT2D eigenvalue weighted by Gasteiger charge is -2.10. The van der Waals surface area contributed by atoms with Crippen molar-refractivity contribution in [3.8, 4) is 17.1 Å². The number of nitrogens with two attached hydrogens (primary N) is 2. The van der Waals surface area contributed by atoms with Gasteiger partial charge in [0.2, 0.25) is 5.95 Å². The maximum absolute atomic E-state index is 6.26. The van der Waals surface area contributed by atoms with Gasteiger partial charge >= 0.3 is 0 Å². The molecule has 1 aliphatic rings. The molecular weight excluding hydrogens is 357 g/mol. The van der Waals surface area contributed by atoms with E-state index < -0.39 is 0 Å². The van der Waals surface area contributed by atoms with Crippen molar-refractivity contribution in [2.45, 2.75) is 18.0 Å². The van der Waals surface area contributed by atoms with Crippen molar-refractivity contribution >= 4 is 40.9 Å². The smallest absolute Gasteiger partial charge is 0.224 e. The number of aromatic nitrogens is 3. The van der Waals surface area contributed by atoms with Crippen molar-refractivity contribution in [2.24, 2.45) is 11.7 Å². The predicted octanol–water partition coefficient (Wildman–Crippen LogP) is 3.22. The molecule has 0 atom stereocenters. The number of rotatable bonds is 6. The van der Waals surface area contributed by atoms with Gasteiger partial charge in [0.05, 0.1) is 10.0 Å². The molecule has 4 N–H and O–H groups in total. The molecule has 0 spiro atoms. The van der Waals surface area contributed by atoms with E-state index in [1.807, 2.05) is 0 Å². The molecular formula is C14H15Cl2N5OS. The molecule has 1 heterocycles. The first-order valence-electron chi connectivity index (χ1n) is 7.03. The second kappa shape index (κ2) is 7.09. The highest BCUT2D eigenvalue weighted by molar-refractivity contribution is 7.99. The van der Waals surface area contributed by atoms with Gasteiger partial charge in [0.25, 0.3) is 0 Å². The summed E-state index contributed by atoms with van der Waals surface area (Å²) in [7, 11) is 0. The lowest BCUT2D eigenvalue weighted by Crippen LogP contribution is -2.08. The summed E-state index contributed by atoms with van der Waals surface area (Å²) >= 11 is 13.9. The second-order valence-corrected chi connectivity index (χ2v) is 6.93. The van der Waals surface area contributed by atoms with Crippen LogP contribution in [0.5, 0.6) is 5.75 Å². The largest absolute Gasteiger partial charge is 0.477 e. The van der Waals surface area contributed by atoms with Crippen LogP contribution in [0, 0.1) is 5.92 Å². The first-order valence-corrected chi connectivity index (χ1v) is 8.77. The normalized spacial score (nSPS) is 14.0. The molecule has 23 heavy (non-hydrogen) atoms. The Bertz CT molecular complexity index is 727. The van der Waals surface area contributed by atoms with Crippen molar-refractivity contribution in [3.63, 3.8) is 0 Å². The van der Waals surface area contributed by atoms with Gasteiger partial charge in [0, 0.05) is 11.3 Å². The average Bonchev–Trinajstić information content (AvgIpc) is 3.32. The topological polar surface area (TPSA) is 99.9 Å². The Hall–Kier alpha value is -1.28. The Morgan fingerprint density at radius 2 is 1.96 bits per heavy atom. The monoisotopic (exact) mass is 371 g/mol. The Morgan fingerprint density at radius 1 is 1.17 bits per heavy atom. The summed E-state index contributed by atoms with van der Waals surface area (Å²) in [4.78, 5) is 12.8. The van der Waals surface area contributed by atoms with E-state index in [4.69, 9.17) is 39.4 Å². The van der Waals surface area contributed by atoms with Crippen LogP contribution in [-0.2, 0) is 0 Å². The fourth-order valence-electron chi connectivity index (χ4n) is 1.93. The van der Waals surface area contributed by atoms with Gasteiger partial charge in [-0.1, -0.05) is 35.0 Å². The summed E-state index contributed by atoms with van der Waals surface area (Å²) in [5, 5.41) is 1.37. The minimum atomic E-state index is 0.00260. The number of hydrogen-bond donors (Lipinski definition) is 2. The molecule has 2 aromatic rings. The molecule has 0 unspecified atom stereocenters. The number of halogens is 2. The number of anilines is 1. The van der Waals surface area contributed by atoms with Crippen molar-refractivity contribution < 1.29 is 4.74 Å². The van der Waals surface area contributed by atoms with E-state index >= 15 is 0 Å². The number of hydrogen-bond acceptors (Lipinski definition) is 7. The van der Waals surface area contributed by atoms with E-state index in [0.717, 1.165) is 11.7 Å². The Balaban J connectivity index is 1.94. The quantitative estimate of drug-likeness (QED) is 0.593. The van der Waals surface area contributed by atoms with Gasteiger partial charge in [0.15, 0.2) is 11.0 Å². The molecule has 122 valence electrons. The molecule has 1 saturated carbocycles. The number of nitrogen functional groups attached to an aromatic ring is 1. The molecule has 1 aliphatic carbocycles. The molecule has 1 fully saturated rings. The van der Waals surface area contributed by atoms with Crippen molar-refractivity contribution in [1.29, 1.82) is 0 Å². The van der Waals surface area contributed by atoms with Gasteiger partial charge in [-0.2, -0.15) is 9.97 Å². The number of benzene rings is 1. The van der Waals surface area contributed by atoms with Crippen LogP contribution in [0.15, 0.2) is 17.3 Å². The van der Waals surface area contributed by atoms with E-state index in [9.17, 15) is 0 Å². The van der Waals surface area contributed by atoms with Gasteiger partial charge in [-0.3, -0.25) is 5.73 Å². The molecule has 0 radical (unpaired) electrons. The van der Waals surface area contributed by atoms with E-state index in [1.54, 1.807) is 23.9 Å². The molecule has 3 rings (SSSR count). The number of thioether (sulfide) groups is 1. The molecule has 0 amide bonds. The fraction of sp³-hybridized carbons (Fsp3) is 0.357. The molecule has 9 heteroatoms. The van der Waals surface area contributed by atoms with E-state index in [1.165, 1.54) is 12.8 Å². The predicted molar refractivity (Wildman–Crippen MR) is 92.8 cm³/mol. The molecule has 6 nitrogen and oxygen atoms in total. The van der Waals surface area contributed by atoms with E-state index in [2.05, 4.69) is 15.0 Å². The standard InChI is InChI=1S/C14H15Cl2N5OS/c15-9-4-10(16)11(22-6-17)3-8(9)12-19-13(18)21-14(20-12)23-5-7-1-2-7/h3-4,7H,1-2,5-6,17H2,(H2,18,19,20,21). The summed E-state index contributed by atoms with van der Waals surface area (Å²) in [5.74, 6) is 2.70. The van der Waals surface area contributed by atoms with Gasteiger partial charge in [-0.25, -0.2) is 4.98 Å². The van der Waals surface area contributed by atoms with Gasteiger partial charge < -0.3 is 10.5 Å². The third-order valence-electron chi connectivity index (χ3n) is 3.28. The highest BCUT2D eigenvalue weighted by Crippen LogP contribution is 2.37. The van der Waals surface area contributed by atoms with Gasteiger partial charge in [-0.15, -0.1) is 0 Å². The summed E-state index contributed by atoms with van der Waals surface area (Å²) in [5.41, 5.74) is 11.8. The Morgan fingerprint density at radius 3 is 2.65 bits per heavy atom. The summed E-state index contributed by atoms with van der Waals surface area (Å²) < 4.78 is 5.28. The summed E-state index contributed by atoms with van der Waals surface area (Å²) in [6, 6.07) is 3.22. The lowest BCUT2D eigenvalue weighted by molar-refractivity contribution is 0.330. The Kier molecular flexibility index (Phi) is 5.11. The lowest BCUT2D eigenvalue weighted by atomic mass is 10.2. The maximum Gasteiger partial charge on any atom is 0.224 e. The summed E-state index contributed by atoms with van der Waals surface area (Å²) in [6.45, 7) is 0.00260. The highest BCUT2D eigenvalue weighted by Gasteiger charge is 2.22. The fourth-order valence-corrected chi connectivity index (χ4v) is 3.48. The van der Waals surface area contributed by atoms with Crippen molar-refractivity contribution in [1.82, 2.24) is 15.0 Å². The Labute approximate surface area is 147 Å². The summed E-state index contributed by atoms with van der Waals surface area (Å²) in [6.07, 6.45) is 2.53. The molecule has 1 aromatic carbocycles. The first-order chi connectivity index (χ1) is 11.1. The van der Waals surface area contributed by atoms with Crippen LogP contribution in [0.25, 0.3) is 11.4 Å². The maximum atomic E-state index is 6.26. The van der Waals surface area contributed by atoms with Gasteiger partial charge in [0.1, 0.15) is 12.5 Å². The van der Waals surface area contributed by atoms with Gasteiger partial charge in [-0.05, 0) is 30.9 Å². The second-order valence-electron chi connectivity index (χ2n) is 5.13. The first kappa shape index (κ1) is 16.6. The van der Waals surface area contributed by atoms with Crippen LogP contribution >= 0.6 is 35.0 Å². The van der Waals surface area contributed by atoms with Crippen LogP contribution in [0.4, 0.5) is 5.95 Å². The SMILES string of the molecule is NCOc1cc(-c2nc(N)nc(SCC3CC3)n2)c(Cl)cc1Cl. The minimum Gasteiger partial charge on any atom is -0.477 e. The molecule has 0 aliphatic heterocycles. The van der Waals surface area contributed by atoms with E-state index in [0.29, 0.717) is 32.3 Å². The van der Waals surface area contributed by atoms with Crippen LogP contribution in [0.3, 0.4) is 0 Å².